The summed E-state index contributed by atoms with van der Waals surface area (Å²) in [6.45, 7) is 0. The van der Waals surface area contributed by atoms with E-state index in [2.05, 4.69) is 15.6 Å². The third kappa shape index (κ3) is 3.21. The van der Waals surface area contributed by atoms with Crippen LogP contribution in [-0.2, 0) is 15.8 Å². The zero-order valence-corrected chi connectivity index (χ0v) is 9.62. The van der Waals surface area contributed by atoms with Crippen LogP contribution in [0.1, 0.15) is 18.4 Å². The minimum atomic E-state index is -4.44. The maximum Gasteiger partial charge on any atom is 0.417 e. The molecule has 102 valence electrons. The van der Waals surface area contributed by atoms with Gasteiger partial charge in [-0.05, 0) is 18.6 Å². The summed E-state index contributed by atoms with van der Waals surface area (Å²) in [5.41, 5.74) is -0.860. The molecule has 0 aromatic carbocycles. The smallest absolute Gasteiger partial charge is 0.358 e. The van der Waals surface area contributed by atoms with Crippen LogP contribution >= 0.6 is 0 Å². The van der Waals surface area contributed by atoms with Crippen LogP contribution in [0, 0.1) is 0 Å². The summed E-state index contributed by atoms with van der Waals surface area (Å²) in [7, 11) is 0. The molecular formula is C11H10F3N3O2. The Morgan fingerprint density at radius 1 is 1.32 bits per heavy atom. The first kappa shape index (κ1) is 13.3. The monoisotopic (exact) mass is 273 g/mol. The van der Waals surface area contributed by atoms with Crippen molar-refractivity contribution in [3.63, 3.8) is 0 Å². The number of pyridine rings is 1. The molecule has 0 saturated carbocycles. The van der Waals surface area contributed by atoms with Gasteiger partial charge in [-0.15, -0.1) is 0 Å². The highest BCUT2D eigenvalue weighted by Crippen LogP contribution is 2.29. The van der Waals surface area contributed by atoms with Crippen molar-refractivity contribution in [2.24, 2.45) is 0 Å². The van der Waals surface area contributed by atoms with Crippen molar-refractivity contribution in [1.29, 1.82) is 0 Å². The average Bonchev–Trinajstić information content (AvgIpc) is 2.32. The number of imide groups is 1. The number of carbonyl (C=O) groups is 2. The molecule has 2 amide bonds. The number of nitrogens with one attached hydrogen (secondary N) is 2. The molecule has 1 aromatic rings. The summed E-state index contributed by atoms with van der Waals surface area (Å²) in [6.07, 6.45) is -3.29. The summed E-state index contributed by atoms with van der Waals surface area (Å²) >= 11 is 0. The fourth-order valence-corrected chi connectivity index (χ4v) is 1.66. The number of rotatable bonds is 2. The number of piperidine rings is 1. The number of anilines is 1. The Kier molecular flexibility index (Phi) is 3.41. The maximum absolute atomic E-state index is 12.3. The van der Waals surface area contributed by atoms with Crippen LogP contribution in [0.5, 0.6) is 0 Å². The standard InChI is InChI=1S/C11H10F3N3O2/c12-11(13,14)6-1-3-8(15-5-6)16-7-2-4-9(18)17-10(7)19/h1,3,5,7H,2,4H2,(H,15,16)(H,17,18,19). The van der Waals surface area contributed by atoms with Gasteiger partial charge in [-0.2, -0.15) is 13.2 Å². The first-order chi connectivity index (χ1) is 8.86. The molecule has 0 radical (unpaired) electrons. The summed E-state index contributed by atoms with van der Waals surface area (Å²) in [6, 6.07) is 1.36. The largest absolute Gasteiger partial charge is 0.417 e. The highest BCUT2D eigenvalue weighted by molar-refractivity contribution is 6.01. The Morgan fingerprint density at radius 3 is 2.58 bits per heavy atom. The van der Waals surface area contributed by atoms with E-state index in [9.17, 15) is 22.8 Å². The van der Waals surface area contributed by atoms with Crippen molar-refractivity contribution in [2.75, 3.05) is 5.32 Å². The highest BCUT2D eigenvalue weighted by atomic mass is 19.4. The molecule has 1 saturated heterocycles. The van der Waals surface area contributed by atoms with E-state index in [4.69, 9.17) is 0 Å². The summed E-state index contributed by atoms with van der Waals surface area (Å²) < 4.78 is 37.0. The second-order valence-electron chi connectivity index (χ2n) is 4.08. The van der Waals surface area contributed by atoms with Crippen LogP contribution < -0.4 is 10.6 Å². The van der Waals surface area contributed by atoms with Crippen molar-refractivity contribution in [3.05, 3.63) is 23.9 Å². The lowest BCUT2D eigenvalue weighted by molar-refractivity contribution is -0.138. The van der Waals surface area contributed by atoms with Crippen LogP contribution in [-0.4, -0.2) is 22.8 Å². The van der Waals surface area contributed by atoms with Gasteiger partial charge >= 0.3 is 6.18 Å². The number of halogens is 3. The Balaban J connectivity index is 2.04. The minimum absolute atomic E-state index is 0.155. The van der Waals surface area contributed by atoms with Crippen LogP contribution in [0.2, 0.25) is 0 Å². The van der Waals surface area contributed by atoms with Crippen molar-refractivity contribution >= 4 is 17.6 Å². The molecule has 5 nitrogen and oxygen atoms in total. The average molecular weight is 273 g/mol. The van der Waals surface area contributed by atoms with E-state index in [0.717, 1.165) is 12.1 Å². The van der Waals surface area contributed by atoms with Crippen LogP contribution in [0.15, 0.2) is 18.3 Å². The molecule has 2 N–H and O–H groups in total. The Hall–Kier alpha value is -2.12. The number of carbonyl (C=O) groups excluding carboxylic acids is 2. The number of hydrogen-bond donors (Lipinski definition) is 2. The number of amides is 2. The molecule has 0 spiro atoms. The molecule has 0 aliphatic carbocycles. The molecule has 1 unspecified atom stereocenters. The first-order valence-electron chi connectivity index (χ1n) is 5.50. The molecule has 0 bridgehead atoms. The van der Waals surface area contributed by atoms with Crippen molar-refractivity contribution < 1.29 is 22.8 Å². The first-order valence-corrected chi connectivity index (χ1v) is 5.50. The van der Waals surface area contributed by atoms with E-state index in [1.807, 2.05) is 0 Å². The SMILES string of the molecule is O=C1CCC(Nc2ccc(C(F)(F)F)cn2)C(=O)N1. The van der Waals surface area contributed by atoms with Crippen LogP contribution in [0.4, 0.5) is 19.0 Å². The topological polar surface area (TPSA) is 71.1 Å². The lowest BCUT2D eigenvalue weighted by atomic mass is 10.1. The molecular weight excluding hydrogens is 263 g/mol. The highest BCUT2D eigenvalue weighted by Gasteiger charge is 2.31. The lowest BCUT2D eigenvalue weighted by Gasteiger charge is -2.22. The molecule has 2 heterocycles. The molecule has 2 rings (SSSR count). The van der Waals surface area contributed by atoms with Gasteiger partial charge in [0.1, 0.15) is 11.9 Å². The zero-order chi connectivity index (χ0) is 14.0. The molecule has 1 aliphatic rings. The fraction of sp³-hybridized carbons (Fsp3) is 0.364. The van der Waals surface area contributed by atoms with Crippen molar-refractivity contribution in [3.8, 4) is 0 Å². The predicted octanol–water partition coefficient (Wildman–Crippen LogP) is 1.32. The molecule has 1 aromatic heterocycles. The third-order valence-electron chi connectivity index (χ3n) is 2.65. The summed E-state index contributed by atoms with van der Waals surface area (Å²) in [4.78, 5) is 26.0. The molecule has 8 heteroatoms. The van der Waals surface area contributed by atoms with Gasteiger partial charge in [0.05, 0.1) is 5.56 Å². The van der Waals surface area contributed by atoms with Gasteiger partial charge in [-0.3, -0.25) is 14.9 Å². The molecule has 1 aliphatic heterocycles. The number of alkyl halides is 3. The minimum Gasteiger partial charge on any atom is -0.358 e. The summed E-state index contributed by atoms with van der Waals surface area (Å²) in [5.74, 6) is -0.705. The van der Waals surface area contributed by atoms with Crippen molar-refractivity contribution in [1.82, 2.24) is 10.3 Å². The number of aromatic nitrogens is 1. The van der Waals surface area contributed by atoms with Crippen molar-refractivity contribution in [2.45, 2.75) is 25.1 Å². The van der Waals surface area contributed by atoms with E-state index < -0.39 is 23.7 Å². The molecule has 1 atom stereocenters. The Bertz CT molecular complexity index is 499. The van der Waals surface area contributed by atoms with Gasteiger partial charge in [-0.25, -0.2) is 4.98 Å². The van der Waals surface area contributed by atoms with Gasteiger partial charge < -0.3 is 5.32 Å². The van der Waals surface area contributed by atoms with Gasteiger partial charge in [0, 0.05) is 12.6 Å². The molecule has 19 heavy (non-hydrogen) atoms. The zero-order valence-electron chi connectivity index (χ0n) is 9.62. The second kappa shape index (κ2) is 4.87. The Morgan fingerprint density at radius 2 is 2.05 bits per heavy atom. The van der Waals surface area contributed by atoms with E-state index in [0.29, 0.717) is 6.20 Å². The lowest BCUT2D eigenvalue weighted by Crippen LogP contribution is -2.47. The van der Waals surface area contributed by atoms with Gasteiger partial charge in [0.15, 0.2) is 0 Å². The van der Waals surface area contributed by atoms with Crippen LogP contribution in [0.3, 0.4) is 0 Å². The maximum atomic E-state index is 12.3. The van der Waals surface area contributed by atoms with E-state index in [1.165, 1.54) is 0 Å². The predicted molar refractivity (Wildman–Crippen MR) is 59.0 cm³/mol. The number of hydrogen-bond acceptors (Lipinski definition) is 4. The summed E-state index contributed by atoms with van der Waals surface area (Å²) in [5, 5.41) is 4.82. The van der Waals surface area contributed by atoms with Gasteiger partial charge in [0.25, 0.3) is 0 Å². The molecule has 1 fully saturated rings. The Labute approximate surface area is 106 Å². The second-order valence-corrected chi connectivity index (χ2v) is 4.08. The van der Waals surface area contributed by atoms with E-state index in [-0.39, 0.29) is 24.6 Å². The fourth-order valence-electron chi connectivity index (χ4n) is 1.66. The van der Waals surface area contributed by atoms with E-state index in [1.54, 1.807) is 0 Å². The van der Waals surface area contributed by atoms with Crippen LogP contribution in [0.25, 0.3) is 0 Å². The van der Waals surface area contributed by atoms with Gasteiger partial charge in [-0.1, -0.05) is 0 Å². The number of nitrogens with zero attached hydrogens (tertiary/aromatic N) is 1. The normalized spacial score (nSPS) is 20.1. The third-order valence-corrected chi connectivity index (χ3v) is 2.65. The quantitative estimate of drug-likeness (QED) is 0.797. The van der Waals surface area contributed by atoms with E-state index >= 15 is 0 Å². The van der Waals surface area contributed by atoms with Gasteiger partial charge in [0.2, 0.25) is 11.8 Å².